The van der Waals surface area contributed by atoms with Crippen LogP contribution in [0.4, 0.5) is 22.0 Å². The average Bonchev–Trinajstić information content (AvgIpc) is 2.55. The Morgan fingerprint density at radius 1 is 1.04 bits per heavy atom. The summed E-state index contributed by atoms with van der Waals surface area (Å²) < 4.78 is 102. The van der Waals surface area contributed by atoms with Gasteiger partial charge in [-0.25, -0.2) is 4.79 Å². The number of aliphatic hydroxyl groups excluding tert-OH is 2. The smallest absolute Gasteiger partial charge is 0.432 e. The highest BCUT2D eigenvalue weighted by molar-refractivity contribution is 7.86. The quantitative estimate of drug-likeness (QED) is 0.320. The third-order valence-corrected chi connectivity index (χ3v) is 3.85. The van der Waals surface area contributed by atoms with Gasteiger partial charge in [0.15, 0.2) is 6.61 Å². The number of alkyl halides is 5. The third kappa shape index (κ3) is 5.98. The molecule has 1 aromatic rings. The van der Waals surface area contributed by atoms with Crippen molar-refractivity contribution in [3.05, 3.63) is 29.3 Å². The van der Waals surface area contributed by atoms with Crippen LogP contribution < -0.4 is 4.74 Å². The molecule has 0 saturated carbocycles. The molecule has 1 unspecified atom stereocenters. The molecule has 1 aromatic carbocycles. The van der Waals surface area contributed by atoms with Crippen LogP contribution in [0.25, 0.3) is 0 Å². The summed E-state index contributed by atoms with van der Waals surface area (Å²) in [5, 5.41) is 12.2. The van der Waals surface area contributed by atoms with Crippen molar-refractivity contribution in [1.82, 2.24) is 0 Å². The van der Waals surface area contributed by atoms with Gasteiger partial charge in [-0.05, 0) is 23.3 Å². The number of rotatable bonds is 8. The van der Waals surface area contributed by atoms with E-state index in [-0.39, 0.29) is 16.9 Å². The lowest BCUT2D eigenvalue weighted by Gasteiger charge is -2.26. The van der Waals surface area contributed by atoms with Crippen molar-refractivity contribution >= 4 is 16.1 Å². The number of hydrogen-bond donors (Lipinski definition) is 3. The Labute approximate surface area is 148 Å². The van der Waals surface area contributed by atoms with Crippen molar-refractivity contribution in [2.45, 2.75) is 30.7 Å². The van der Waals surface area contributed by atoms with E-state index in [0.717, 1.165) is 12.1 Å². The molecule has 0 saturated heterocycles. The zero-order valence-corrected chi connectivity index (χ0v) is 13.9. The van der Waals surface area contributed by atoms with Gasteiger partial charge in [0.25, 0.3) is 6.10 Å². The highest BCUT2D eigenvalue weighted by Crippen LogP contribution is 2.38. The van der Waals surface area contributed by atoms with Crippen molar-refractivity contribution in [1.29, 1.82) is 0 Å². The number of aliphatic hydroxyl groups is 2. The average molecular weight is 424 g/mol. The van der Waals surface area contributed by atoms with Crippen molar-refractivity contribution < 1.29 is 59.4 Å². The minimum Gasteiger partial charge on any atom is -0.482 e. The van der Waals surface area contributed by atoms with E-state index in [1.807, 2.05) is 0 Å². The number of benzene rings is 1. The Balaban J connectivity index is 2.93. The zero-order valence-electron chi connectivity index (χ0n) is 13.1. The maximum atomic E-state index is 13.3. The molecule has 14 heteroatoms. The summed E-state index contributed by atoms with van der Waals surface area (Å²) >= 11 is 0. The first kappa shape index (κ1) is 23.0. The highest BCUT2D eigenvalue weighted by Gasteiger charge is 2.66. The number of halogens is 5. The molecule has 1 rings (SSSR count). The van der Waals surface area contributed by atoms with E-state index in [2.05, 4.69) is 4.74 Å². The summed E-state index contributed by atoms with van der Waals surface area (Å²) in [6.07, 6.45) is -10.5. The number of ether oxygens (including phenoxy) is 2. The number of hydrogen-bond acceptors (Lipinski definition) is 7. The van der Waals surface area contributed by atoms with Gasteiger partial charge in [-0.1, -0.05) is 6.07 Å². The van der Waals surface area contributed by atoms with E-state index in [0.29, 0.717) is 0 Å². The second kappa shape index (κ2) is 8.33. The lowest BCUT2D eigenvalue weighted by atomic mass is 10.1. The minimum atomic E-state index is -6.54. The van der Waals surface area contributed by atoms with E-state index in [4.69, 9.17) is 19.5 Å². The van der Waals surface area contributed by atoms with Crippen molar-refractivity contribution in [2.75, 3.05) is 6.61 Å². The van der Waals surface area contributed by atoms with Crippen LogP contribution in [0.3, 0.4) is 0 Å². The van der Waals surface area contributed by atoms with Crippen molar-refractivity contribution in [3.63, 3.8) is 0 Å². The van der Waals surface area contributed by atoms with Crippen LogP contribution in [-0.2, 0) is 32.9 Å². The Morgan fingerprint density at radius 2 is 1.52 bits per heavy atom. The van der Waals surface area contributed by atoms with Gasteiger partial charge in [0, 0.05) is 0 Å². The first-order chi connectivity index (χ1) is 12.2. The summed E-state index contributed by atoms with van der Waals surface area (Å²) in [7, 11) is -6.54. The van der Waals surface area contributed by atoms with Crippen LogP contribution in [-0.4, -0.2) is 53.3 Å². The zero-order chi connectivity index (χ0) is 21.0. The molecular weight excluding hydrogens is 411 g/mol. The Kier molecular flexibility index (Phi) is 7.10. The number of carbonyl (C=O) groups excluding carboxylic acids is 1. The number of esters is 1. The summed E-state index contributed by atoms with van der Waals surface area (Å²) in [5.41, 5.74) is 0.409. The van der Waals surface area contributed by atoms with Gasteiger partial charge in [-0.15, -0.1) is 0 Å². The predicted octanol–water partition coefficient (Wildman–Crippen LogP) is 1.00. The summed E-state index contributed by atoms with van der Waals surface area (Å²) in [4.78, 5) is 11.4. The van der Waals surface area contributed by atoms with Crippen LogP contribution in [0.15, 0.2) is 18.2 Å². The fourth-order valence-electron chi connectivity index (χ4n) is 1.76. The topological polar surface area (TPSA) is 130 Å². The molecule has 27 heavy (non-hydrogen) atoms. The van der Waals surface area contributed by atoms with Crippen LogP contribution in [0, 0.1) is 0 Å². The van der Waals surface area contributed by atoms with Crippen LogP contribution in [0.5, 0.6) is 5.75 Å². The van der Waals surface area contributed by atoms with Gasteiger partial charge in [0.05, 0.1) is 13.2 Å². The maximum absolute atomic E-state index is 13.3. The largest absolute Gasteiger partial charge is 0.482 e. The fraction of sp³-hybridized carbons (Fsp3) is 0.462. The molecule has 0 amide bonds. The van der Waals surface area contributed by atoms with Gasteiger partial charge in [0.1, 0.15) is 5.75 Å². The first-order valence-corrected chi connectivity index (χ1v) is 8.24. The molecule has 0 bridgehead atoms. The molecule has 154 valence electrons. The molecular formula is C13H13F5O8S. The third-order valence-electron chi connectivity index (χ3n) is 2.94. The van der Waals surface area contributed by atoms with Gasteiger partial charge < -0.3 is 19.7 Å². The SMILES string of the molecule is O=C(COc1cc(CO)cc(CO)c1)OC(C(F)(F)F)C(F)(F)S(=O)(=O)O. The summed E-state index contributed by atoms with van der Waals surface area (Å²) in [6, 6.07) is 3.62. The van der Waals surface area contributed by atoms with Gasteiger partial charge in [-0.3, -0.25) is 4.55 Å². The van der Waals surface area contributed by atoms with E-state index in [1.165, 1.54) is 6.07 Å². The van der Waals surface area contributed by atoms with Crippen LogP contribution >= 0.6 is 0 Å². The Morgan fingerprint density at radius 3 is 1.89 bits per heavy atom. The molecule has 0 aliphatic heterocycles. The van der Waals surface area contributed by atoms with Crippen molar-refractivity contribution in [3.8, 4) is 5.75 Å². The Bertz CT molecular complexity index is 755. The molecule has 0 aliphatic carbocycles. The molecule has 0 aromatic heterocycles. The van der Waals surface area contributed by atoms with Gasteiger partial charge >= 0.3 is 27.5 Å². The van der Waals surface area contributed by atoms with Crippen LogP contribution in [0.1, 0.15) is 11.1 Å². The second-order valence-corrected chi connectivity index (χ2v) is 6.53. The lowest BCUT2D eigenvalue weighted by Crippen LogP contribution is -2.52. The van der Waals surface area contributed by atoms with E-state index in [1.54, 1.807) is 0 Å². The standard InChI is InChI=1S/C13H13F5O8S/c14-12(15,16)11(13(17,18)27(22,23)24)26-10(21)6-25-9-2-7(4-19)1-8(3-9)5-20/h1-3,11,19-20H,4-6H2,(H,22,23,24). The van der Waals surface area contributed by atoms with Gasteiger partial charge in [-0.2, -0.15) is 30.4 Å². The van der Waals surface area contributed by atoms with E-state index in [9.17, 15) is 35.2 Å². The Hall–Kier alpha value is -2.03. The molecule has 0 spiro atoms. The number of carbonyl (C=O) groups is 1. The molecule has 8 nitrogen and oxygen atoms in total. The first-order valence-electron chi connectivity index (χ1n) is 6.80. The molecule has 3 N–H and O–H groups in total. The summed E-state index contributed by atoms with van der Waals surface area (Å²) in [6.45, 7) is -2.36. The molecule has 0 heterocycles. The predicted molar refractivity (Wildman–Crippen MR) is 76.2 cm³/mol. The summed E-state index contributed by atoms with van der Waals surface area (Å²) in [5.74, 6) is -2.23. The van der Waals surface area contributed by atoms with Crippen LogP contribution in [0.2, 0.25) is 0 Å². The van der Waals surface area contributed by atoms with Crippen molar-refractivity contribution in [2.24, 2.45) is 0 Å². The molecule has 0 radical (unpaired) electrons. The molecule has 0 aliphatic rings. The fourth-order valence-corrected chi connectivity index (χ4v) is 2.22. The minimum absolute atomic E-state index is 0.205. The maximum Gasteiger partial charge on any atom is 0.432 e. The molecule has 1 atom stereocenters. The lowest BCUT2D eigenvalue weighted by molar-refractivity contribution is -0.259. The van der Waals surface area contributed by atoms with Gasteiger partial charge in [0.2, 0.25) is 0 Å². The van der Waals surface area contributed by atoms with E-state index >= 15 is 0 Å². The van der Waals surface area contributed by atoms with E-state index < -0.39 is 53.4 Å². The monoisotopic (exact) mass is 424 g/mol. The normalized spacial score (nSPS) is 13.9. The molecule has 0 fully saturated rings. The highest BCUT2D eigenvalue weighted by atomic mass is 32.2. The second-order valence-electron chi connectivity index (χ2n) is 5.04.